The Morgan fingerprint density at radius 1 is 1.62 bits per heavy atom. The van der Waals surface area contributed by atoms with E-state index in [0.717, 1.165) is 25.8 Å². The minimum Gasteiger partial charge on any atom is -0.388 e. The molecule has 0 spiro atoms. The second-order valence-corrected chi connectivity index (χ2v) is 5.27. The molecule has 4 nitrogen and oxygen atoms in total. The van der Waals surface area contributed by atoms with Crippen molar-refractivity contribution in [3.63, 3.8) is 0 Å². The molecule has 3 atom stereocenters. The first-order valence-electron chi connectivity index (χ1n) is 6.14. The Labute approximate surface area is 97.8 Å². The Morgan fingerprint density at radius 3 is 2.75 bits per heavy atom. The highest BCUT2D eigenvalue weighted by atomic mass is 16.3. The molecule has 1 amide bonds. The molecule has 1 fully saturated rings. The van der Waals surface area contributed by atoms with Crippen LogP contribution in [0.25, 0.3) is 0 Å². The summed E-state index contributed by atoms with van der Waals surface area (Å²) in [4.78, 5) is 13.8. The van der Waals surface area contributed by atoms with Crippen LogP contribution in [0, 0.1) is 5.92 Å². The van der Waals surface area contributed by atoms with Gasteiger partial charge in [-0.05, 0) is 25.7 Å². The number of nitrogens with zero attached hydrogens (tertiary/aromatic N) is 1. The Balaban J connectivity index is 2.60. The van der Waals surface area contributed by atoms with Crippen molar-refractivity contribution in [2.45, 2.75) is 51.7 Å². The van der Waals surface area contributed by atoms with Gasteiger partial charge in [-0.15, -0.1) is 0 Å². The topological polar surface area (TPSA) is 66.6 Å². The van der Waals surface area contributed by atoms with Crippen LogP contribution in [-0.2, 0) is 4.79 Å². The summed E-state index contributed by atoms with van der Waals surface area (Å²) in [6, 6.07) is -0.432. The van der Waals surface area contributed by atoms with E-state index in [0.29, 0.717) is 6.54 Å². The number of likely N-dealkylation sites (tertiary alicyclic amines) is 1. The monoisotopic (exact) mass is 228 g/mol. The van der Waals surface area contributed by atoms with Crippen LogP contribution in [0.1, 0.15) is 40.0 Å². The fraction of sp³-hybridized carbons (Fsp3) is 0.917. The molecule has 0 aromatic rings. The van der Waals surface area contributed by atoms with Gasteiger partial charge in [0.2, 0.25) is 5.91 Å². The number of nitrogens with two attached hydrogens (primary N) is 1. The van der Waals surface area contributed by atoms with E-state index in [-0.39, 0.29) is 11.8 Å². The lowest BCUT2D eigenvalue weighted by Crippen LogP contribution is -2.54. The van der Waals surface area contributed by atoms with Crippen molar-refractivity contribution in [1.82, 2.24) is 4.90 Å². The van der Waals surface area contributed by atoms with Crippen LogP contribution in [0.5, 0.6) is 0 Å². The van der Waals surface area contributed by atoms with Crippen LogP contribution in [0.2, 0.25) is 0 Å². The van der Waals surface area contributed by atoms with Crippen LogP contribution in [-0.4, -0.2) is 40.6 Å². The predicted molar refractivity (Wildman–Crippen MR) is 63.9 cm³/mol. The van der Waals surface area contributed by atoms with Crippen molar-refractivity contribution in [1.29, 1.82) is 0 Å². The summed E-state index contributed by atoms with van der Waals surface area (Å²) in [6.07, 6.45) is 2.51. The van der Waals surface area contributed by atoms with Crippen molar-refractivity contribution in [2.75, 3.05) is 13.1 Å². The van der Waals surface area contributed by atoms with Crippen LogP contribution < -0.4 is 5.73 Å². The summed E-state index contributed by atoms with van der Waals surface area (Å²) >= 11 is 0. The lowest BCUT2D eigenvalue weighted by Gasteiger charge is -2.38. The summed E-state index contributed by atoms with van der Waals surface area (Å²) in [7, 11) is 0. The number of amides is 1. The maximum atomic E-state index is 12.1. The third-order valence-electron chi connectivity index (χ3n) is 3.53. The number of piperidine rings is 1. The van der Waals surface area contributed by atoms with Gasteiger partial charge in [0.1, 0.15) is 0 Å². The smallest absolute Gasteiger partial charge is 0.239 e. The van der Waals surface area contributed by atoms with Crippen LogP contribution >= 0.6 is 0 Å². The molecule has 1 aliphatic heterocycles. The van der Waals surface area contributed by atoms with Crippen molar-refractivity contribution < 1.29 is 9.90 Å². The number of carbonyl (C=O) groups excluding carboxylic acids is 1. The maximum Gasteiger partial charge on any atom is 0.239 e. The van der Waals surface area contributed by atoms with Crippen LogP contribution in [0.15, 0.2) is 0 Å². The third kappa shape index (κ3) is 3.19. The number of aliphatic hydroxyl groups is 1. The Kier molecular flexibility index (Phi) is 4.33. The molecular weight excluding hydrogens is 204 g/mol. The van der Waals surface area contributed by atoms with E-state index < -0.39 is 11.6 Å². The van der Waals surface area contributed by atoms with Crippen LogP contribution in [0.3, 0.4) is 0 Å². The molecule has 4 heteroatoms. The van der Waals surface area contributed by atoms with Crippen LogP contribution in [0.4, 0.5) is 0 Å². The molecule has 0 saturated carbocycles. The molecule has 1 aliphatic rings. The molecular formula is C12H24N2O2. The first kappa shape index (κ1) is 13.5. The molecule has 1 heterocycles. The van der Waals surface area contributed by atoms with Crippen molar-refractivity contribution in [2.24, 2.45) is 11.7 Å². The second-order valence-electron chi connectivity index (χ2n) is 5.27. The molecule has 94 valence electrons. The van der Waals surface area contributed by atoms with Crippen molar-refractivity contribution in [3.05, 3.63) is 0 Å². The number of hydrogen-bond donors (Lipinski definition) is 2. The molecule has 0 radical (unpaired) electrons. The van der Waals surface area contributed by atoms with Gasteiger partial charge in [0.05, 0.1) is 11.6 Å². The summed E-state index contributed by atoms with van der Waals surface area (Å²) in [5.74, 6) is 0.175. The highest BCUT2D eigenvalue weighted by Crippen LogP contribution is 2.21. The van der Waals surface area contributed by atoms with Gasteiger partial charge < -0.3 is 15.7 Å². The van der Waals surface area contributed by atoms with E-state index in [1.165, 1.54) is 0 Å². The zero-order valence-electron chi connectivity index (χ0n) is 10.6. The first-order chi connectivity index (χ1) is 7.37. The minimum absolute atomic E-state index is 0.0191. The fourth-order valence-electron chi connectivity index (χ4n) is 2.12. The number of hydrogen-bond acceptors (Lipinski definition) is 3. The van der Waals surface area contributed by atoms with Gasteiger partial charge in [-0.25, -0.2) is 0 Å². The van der Waals surface area contributed by atoms with Crippen molar-refractivity contribution >= 4 is 5.91 Å². The van der Waals surface area contributed by atoms with Crippen molar-refractivity contribution in [3.8, 4) is 0 Å². The standard InChI is InChI=1S/C12H24N2O2/c1-4-9(2)10(13)11(15)14-7-5-6-12(3,16)8-14/h9-10,16H,4-8,13H2,1-3H3/t9?,10-,12?/m0/s1. The Bertz CT molecular complexity index is 253. The van der Waals surface area contributed by atoms with Gasteiger partial charge in [-0.2, -0.15) is 0 Å². The average molecular weight is 228 g/mol. The summed E-state index contributed by atoms with van der Waals surface area (Å²) < 4.78 is 0. The van der Waals surface area contributed by atoms with Gasteiger partial charge in [0.15, 0.2) is 0 Å². The normalized spacial score (nSPS) is 29.9. The molecule has 0 aromatic heterocycles. The van der Waals surface area contributed by atoms with E-state index in [4.69, 9.17) is 5.73 Å². The molecule has 0 aliphatic carbocycles. The molecule has 3 N–H and O–H groups in total. The zero-order valence-corrected chi connectivity index (χ0v) is 10.6. The quantitative estimate of drug-likeness (QED) is 0.748. The number of rotatable bonds is 3. The van der Waals surface area contributed by atoms with E-state index in [1.807, 2.05) is 13.8 Å². The molecule has 1 rings (SSSR count). The third-order valence-corrected chi connectivity index (χ3v) is 3.53. The van der Waals surface area contributed by atoms with Gasteiger partial charge >= 0.3 is 0 Å². The highest BCUT2D eigenvalue weighted by Gasteiger charge is 2.33. The zero-order chi connectivity index (χ0) is 12.3. The lowest BCUT2D eigenvalue weighted by molar-refractivity contribution is -0.140. The molecule has 16 heavy (non-hydrogen) atoms. The highest BCUT2D eigenvalue weighted by molar-refractivity contribution is 5.82. The SMILES string of the molecule is CCC(C)[C@H](N)C(=O)N1CCCC(C)(O)C1. The van der Waals surface area contributed by atoms with Gasteiger partial charge in [0, 0.05) is 13.1 Å². The minimum atomic E-state index is -0.747. The maximum absolute atomic E-state index is 12.1. The summed E-state index contributed by atoms with van der Waals surface area (Å²) in [5, 5.41) is 9.94. The molecule has 2 unspecified atom stereocenters. The molecule has 1 saturated heterocycles. The average Bonchev–Trinajstić information content (AvgIpc) is 2.24. The Hall–Kier alpha value is -0.610. The summed E-state index contributed by atoms with van der Waals surface area (Å²) in [6.45, 7) is 6.94. The first-order valence-corrected chi connectivity index (χ1v) is 6.14. The largest absolute Gasteiger partial charge is 0.388 e. The second kappa shape index (κ2) is 5.15. The van der Waals surface area contributed by atoms with Gasteiger partial charge in [0.25, 0.3) is 0 Å². The molecule has 0 bridgehead atoms. The van der Waals surface area contributed by atoms with E-state index >= 15 is 0 Å². The number of β-amino-alcohol motifs (C(OH)–C–C–N with tert-alkyl or cyclic N) is 1. The van der Waals surface area contributed by atoms with Gasteiger partial charge in [-0.1, -0.05) is 20.3 Å². The van der Waals surface area contributed by atoms with E-state index in [2.05, 4.69) is 0 Å². The van der Waals surface area contributed by atoms with Gasteiger partial charge in [-0.3, -0.25) is 4.79 Å². The number of carbonyl (C=O) groups is 1. The fourth-order valence-corrected chi connectivity index (χ4v) is 2.12. The van der Waals surface area contributed by atoms with E-state index in [1.54, 1.807) is 11.8 Å². The summed E-state index contributed by atoms with van der Waals surface area (Å²) in [5.41, 5.74) is 5.17. The predicted octanol–water partition coefficient (Wildman–Crippen LogP) is 0.733. The Morgan fingerprint density at radius 2 is 2.25 bits per heavy atom. The van der Waals surface area contributed by atoms with E-state index in [9.17, 15) is 9.90 Å². The lowest BCUT2D eigenvalue weighted by atomic mass is 9.93. The molecule has 0 aromatic carbocycles.